The number of nitrogens with zero attached hydrogens (tertiary/aromatic N) is 4. The first-order valence-corrected chi connectivity index (χ1v) is 27.6. The lowest BCUT2D eigenvalue weighted by Crippen LogP contribution is -2.40. The van der Waals surface area contributed by atoms with Crippen molar-refractivity contribution in [2.75, 3.05) is 66.6 Å². The highest BCUT2D eigenvalue weighted by atomic mass is 16.6. The summed E-state index contributed by atoms with van der Waals surface area (Å²) in [6, 6.07) is 38.4. The summed E-state index contributed by atoms with van der Waals surface area (Å²) in [7, 11) is 2.79. The van der Waals surface area contributed by atoms with E-state index in [4.69, 9.17) is 28.8 Å². The van der Waals surface area contributed by atoms with Gasteiger partial charge in [0.05, 0.1) is 26.1 Å². The molecule has 4 heterocycles. The summed E-state index contributed by atoms with van der Waals surface area (Å²) in [6.07, 6.45) is 7.43. The number of benzene rings is 4. The molecule has 6 fully saturated rings. The fraction of sp³-hybridized carbons (Fsp3) is 0.452. The van der Waals surface area contributed by atoms with Crippen LogP contribution in [0.4, 0.5) is 19.2 Å². The van der Waals surface area contributed by atoms with Crippen molar-refractivity contribution in [2.24, 2.45) is 22.7 Å². The number of Topliss-reactive ketones (excluding diaryl/α,β-unsaturated/α-hetero) is 1. The summed E-state index contributed by atoms with van der Waals surface area (Å²) in [6.45, 7) is 5.72. The van der Waals surface area contributed by atoms with Gasteiger partial charge in [-0.25, -0.2) is 24.0 Å². The van der Waals surface area contributed by atoms with Crippen molar-refractivity contribution >= 4 is 48.1 Å². The summed E-state index contributed by atoms with van der Waals surface area (Å²) < 4.78 is 30.5. The lowest BCUT2D eigenvalue weighted by molar-refractivity contribution is -0.143. The molecule has 0 aromatic heterocycles. The van der Waals surface area contributed by atoms with E-state index in [1.54, 1.807) is 19.6 Å². The highest BCUT2D eigenvalue weighted by Gasteiger charge is 2.60. The maximum absolute atomic E-state index is 12.1. The summed E-state index contributed by atoms with van der Waals surface area (Å²) in [4.78, 5) is 99.2. The van der Waals surface area contributed by atoms with Gasteiger partial charge in [0.2, 0.25) is 0 Å². The van der Waals surface area contributed by atoms with Crippen LogP contribution in [-0.2, 0) is 74.0 Å². The Hall–Kier alpha value is -8.22. The Balaban J connectivity index is 0.000000156. The zero-order chi connectivity index (χ0) is 57.6. The average molecular weight is 1120 g/mol. The molecule has 19 heteroatoms. The zero-order valence-corrected chi connectivity index (χ0v) is 46.3. The molecule has 1 N–H and O–H groups in total. The quantitative estimate of drug-likeness (QED) is 0.0838. The molecule has 0 radical (unpaired) electrons. The number of carbonyl (C=O) groups excluding carboxylic acids is 7. The number of ether oxygens (including phenoxy) is 6. The van der Waals surface area contributed by atoms with Crippen LogP contribution < -0.4 is 0 Å². The third kappa shape index (κ3) is 18.4. The van der Waals surface area contributed by atoms with Crippen molar-refractivity contribution < 1.29 is 71.9 Å². The van der Waals surface area contributed by atoms with Crippen molar-refractivity contribution in [1.82, 2.24) is 19.6 Å². The highest BCUT2D eigenvalue weighted by molar-refractivity contribution is 5.83. The van der Waals surface area contributed by atoms with E-state index in [0.29, 0.717) is 84.6 Å². The van der Waals surface area contributed by atoms with Crippen molar-refractivity contribution in [2.45, 2.75) is 90.6 Å². The fourth-order valence-corrected chi connectivity index (χ4v) is 10.4. The molecule has 4 saturated heterocycles. The van der Waals surface area contributed by atoms with E-state index in [2.05, 4.69) is 4.74 Å². The first-order valence-electron chi connectivity index (χ1n) is 27.6. The molecule has 4 amide bonds. The molecule has 2 spiro atoms. The van der Waals surface area contributed by atoms with Gasteiger partial charge in [-0.1, -0.05) is 127 Å². The lowest BCUT2D eigenvalue weighted by atomic mass is 9.91. The largest absolute Gasteiger partial charge is 0.481 e. The zero-order valence-electron chi connectivity index (χ0n) is 46.3. The number of likely N-dealkylation sites (tertiary alicyclic amines) is 4. The Morgan fingerprint density at radius 3 is 1.07 bits per heavy atom. The third-order valence-electron chi connectivity index (χ3n) is 15.8. The first kappa shape index (κ1) is 60.4. The molecule has 2 atom stereocenters. The van der Waals surface area contributed by atoms with Crippen LogP contribution in [0.15, 0.2) is 133 Å². The van der Waals surface area contributed by atoms with Crippen LogP contribution in [0.2, 0.25) is 0 Å². The van der Waals surface area contributed by atoms with Crippen LogP contribution in [0, 0.1) is 22.7 Å². The third-order valence-corrected chi connectivity index (χ3v) is 15.8. The van der Waals surface area contributed by atoms with Crippen molar-refractivity contribution in [3.8, 4) is 0 Å². The molecule has 10 rings (SSSR count). The Morgan fingerprint density at radius 1 is 0.457 bits per heavy atom. The molecule has 2 saturated carbocycles. The number of carboxylic acids is 1. The molecule has 4 aromatic carbocycles. The Morgan fingerprint density at radius 2 is 0.765 bits per heavy atom. The van der Waals surface area contributed by atoms with Crippen LogP contribution in [0.25, 0.3) is 0 Å². The number of esters is 2. The van der Waals surface area contributed by atoms with Gasteiger partial charge in [0.25, 0.3) is 0 Å². The minimum Gasteiger partial charge on any atom is -0.481 e. The second-order valence-electron chi connectivity index (χ2n) is 21.1. The SMILES string of the molecule is COC(=O)C1CC12CCN(C(=O)OCc1ccccc1)CC2.COC(=O)C=C1CCN(C(=O)OCc2ccccc2)CC1.O=C(O)C1CC12CCN(C(=O)OCc1ccccc1)CC2.O=C1CCN(C(=O)OCc2ccccc2)CC1. The van der Waals surface area contributed by atoms with E-state index in [1.165, 1.54) is 20.3 Å². The smallest absolute Gasteiger partial charge is 0.410 e. The van der Waals surface area contributed by atoms with E-state index >= 15 is 0 Å². The van der Waals surface area contributed by atoms with Crippen LogP contribution >= 0.6 is 0 Å². The second-order valence-corrected chi connectivity index (χ2v) is 21.1. The van der Waals surface area contributed by atoms with Crippen LogP contribution in [0.3, 0.4) is 0 Å². The molecule has 81 heavy (non-hydrogen) atoms. The normalized spacial score (nSPS) is 19.0. The maximum atomic E-state index is 12.1. The minimum atomic E-state index is -0.699. The van der Waals surface area contributed by atoms with Crippen LogP contribution in [0.5, 0.6) is 0 Å². The summed E-state index contributed by atoms with van der Waals surface area (Å²) >= 11 is 0. The summed E-state index contributed by atoms with van der Waals surface area (Å²) in [5, 5.41) is 9.05. The first-order chi connectivity index (χ1) is 39.2. The number of hydrogen-bond donors (Lipinski definition) is 1. The van der Waals surface area contributed by atoms with E-state index in [0.717, 1.165) is 66.4 Å². The maximum Gasteiger partial charge on any atom is 0.410 e. The standard InChI is InChI=1S/C17H21NO4.2C16H19NO4.C13H15NO3/c1-21-15(19)14-11-17(14)7-9-18(10-8-17)16(20)22-12-13-5-3-2-4-6-13;18-14(19)13-10-16(13)6-8-17(9-7-16)15(20)21-11-12-4-2-1-3-5-12;1-20-15(18)11-13-7-9-17(10-8-13)16(19)21-12-14-5-3-2-4-6-14;15-12-6-8-14(9-7-12)13(16)17-10-11-4-2-1-3-5-11/h2-6,14H,7-12H2,1H3;1-5,13H,6-11H2,(H,18,19);2-6,11H,7-10,12H2,1H3;1-5H,6-10H2. The topological polar surface area (TPSA) is 225 Å². The van der Waals surface area contributed by atoms with Gasteiger partial charge in [0.15, 0.2) is 0 Å². The molecule has 6 aliphatic rings. The van der Waals surface area contributed by atoms with Gasteiger partial charge in [-0.3, -0.25) is 14.4 Å². The van der Waals surface area contributed by atoms with Crippen molar-refractivity contribution in [1.29, 1.82) is 0 Å². The number of carbonyl (C=O) groups is 8. The van der Waals surface area contributed by atoms with E-state index in [1.807, 2.05) is 121 Å². The molecule has 432 valence electrons. The van der Waals surface area contributed by atoms with Gasteiger partial charge >= 0.3 is 42.3 Å². The molecular weight excluding hydrogens is 1040 g/mol. The highest BCUT2D eigenvalue weighted by Crippen LogP contribution is 2.60. The van der Waals surface area contributed by atoms with Crippen LogP contribution in [-0.4, -0.2) is 139 Å². The number of aliphatic carboxylic acids is 1. The Bertz CT molecular complexity index is 2740. The van der Waals surface area contributed by atoms with Gasteiger partial charge in [-0.15, -0.1) is 0 Å². The van der Waals surface area contributed by atoms with E-state index in [9.17, 15) is 38.4 Å². The average Bonchev–Trinajstić information content (AvgIpc) is 4.49. The summed E-state index contributed by atoms with van der Waals surface area (Å²) in [5.41, 5.74) is 4.91. The minimum absolute atomic E-state index is 0.0278. The molecule has 2 unspecified atom stereocenters. The molecule has 0 bridgehead atoms. The number of methoxy groups -OCH3 is 2. The second kappa shape index (κ2) is 29.8. The number of piperidine rings is 4. The molecular formula is C62H74N4O15. The van der Waals surface area contributed by atoms with Crippen molar-refractivity contribution in [3.63, 3.8) is 0 Å². The fourth-order valence-electron chi connectivity index (χ4n) is 10.4. The van der Waals surface area contributed by atoms with Gasteiger partial charge < -0.3 is 53.1 Å². The number of amides is 4. The predicted molar refractivity (Wildman–Crippen MR) is 296 cm³/mol. The summed E-state index contributed by atoms with van der Waals surface area (Å²) in [5.74, 6) is -1.11. The predicted octanol–water partition coefficient (Wildman–Crippen LogP) is 9.61. The molecule has 4 aromatic rings. The lowest BCUT2D eigenvalue weighted by Gasteiger charge is -2.32. The van der Waals surface area contributed by atoms with Gasteiger partial charge in [0, 0.05) is 71.3 Å². The molecule has 4 aliphatic heterocycles. The van der Waals surface area contributed by atoms with Crippen LogP contribution in [0.1, 0.15) is 86.5 Å². The number of ketones is 1. The number of carboxylic acid groups (broad SMARTS) is 1. The monoisotopic (exact) mass is 1110 g/mol. The molecule has 2 aliphatic carbocycles. The Kier molecular flexibility index (Phi) is 22.3. The number of hydrogen-bond acceptors (Lipinski definition) is 14. The molecule has 19 nitrogen and oxygen atoms in total. The van der Waals surface area contributed by atoms with E-state index < -0.39 is 5.97 Å². The van der Waals surface area contributed by atoms with Gasteiger partial charge in [0.1, 0.15) is 32.2 Å². The van der Waals surface area contributed by atoms with Crippen molar-refractivity contribution in [3.05, 3.63) is 155 Å². The van der Waals surface area contributed by atoms with Gasteiger partial charge in [-0.2, -0.15) is 0 Å². The van der Waals surface area contributed by atoms with E-state index in [-0.39, 0.29) is 84.6 Å². The van der Waals surface area contributed by atoms with Gasteiger partial charge in [-0.05, 0) is 84.5 Å². The Labute approximate surface area is 473 Å². The number of rotatable bonds is 11.